The van der Waals surface area contributed by atoms with E-state index in [2.05, 4.69) is 11.2 Å². The van der Waals surface area contributed by atoms with E-state index >= 15 is 0 Å². The average Bonchev–Trinajstić information content (AvgIpc) is 2.65. The van der Waals surface area contributed by atoms with Crippen molar-refractivity contribution < 1.29 is 14.3 Å². The molecule has 0 radical (unpaired) electrons. The van der Waals surface area contributed by atoms with Crippen molar-refractivity contribution in [3.63, 3.8) is 0 Å². The number of hydrogen-bond donors (Lipinski definition) is 1. The number of nitrogens with one attached hydrogen (secondary N) is 1. The molecule has 0 atom stereocenters. The number of ether oxygens (including phenoxy) is 2. The van der Waals surface area contributed by atoms with Crippen LogP contribution in [0.3, 0.4) is 0 Å². The molecule has 0 spiro atoms. The Bertz CT molecular complexity index is 811. The second-order valence-electron chi connectivity index (χ2n) is 5.84. The normalized spacial score (nSPS) is 10.1. The highest BCUT2D eigenvalue weighted by atomic mass is 35.5. The van der Waals surface area contributed by atoms with Crippen LogP contribution in [0, 0.1) is 19.3 Å². The second kappa shape index (κ2) is 9.74. The monoisotopic (exact) mass is 371 g/mol. The van der Waals surface area contributed by atoms with E-state index in [1.807, 2.05) is 37.3 Å². The van der Waals surface area contributed by atoms with Gasteiger partial charge in [0.1, 0.15) is 6.61 Å². The van der Waals surface area contributed by atoms with Crippen molar-refractivity contribution in [1.29, 1.82) is 0 Å². The first-order valence-corrected chi connectivity index (χ1v) is 8.66. The molecular formula is C21H22ClNO3. The Labute approximate surface area is 159 Å². The van der Waals surface area contributed by atoms with Gasteiger partial charge in [0, 0.05) is 18.0 Å². The highest BCUT2D eigenvalue weighted by Gasteiger charge is 2.08. The first-order valence-electron chi connectivity index (χ1n) is 8.28. The third-order valence-corrected chi connectivity index (χ3v) is 4.32. The molecule has 0 bridgehead atoms. The lowest BCUT2D eigenvalue weighted by molar-refractivity contribution is -0.121. The Morgan fingerprint density at radius 1 is 1.19 bits per heavy atom. The molecule has 1 N–H and O–H groups in total. The molecule has 0 unspecified atom stereocenters. The molecule has 0 saturated carbocycles. The van der Waals surface area contributed by atoms with Crippen LogP contribution in [-0.2, 0) is 17.8 Å². The minimum Gasteiger partial charge on any atom is -0.493 e. The number of carbonyl (C=O) groups is 1. The second-order valence-corrected chi connectivity index (χ2v) is 6.25. The maximum Gasteiger partial charge on any atom is 0.220 e. The molecule has 0 heterocycles. The Hall–Kier alpha value is -2.64. The molecule has 0 aliphatic heterocycles. The average molecular weight is 372 g/mol. The lowest BCUT2D eigenvalue weighted by Gasteiger charge is -2.11. The zero-order valence-corrected chi connectivity index (χ0v) is 15.7. The van der Waals surface area contributed by atoms with Crippen molar-refractivity contribution >= 4 is 17.5 Å². The summed E-state index contributed by atoms with van der Waals surface area (Å²) in [5.41, 5.74) is 3.02. The SMILES string of the molecule is C#CCOc1ccc(CCC(=O)NCc2ccc(Cl)c(C)c2)cc1OC. The summed E-state index contributed by atoms with van der Waals surface area (Å²) in [4.78, 5) is 12.1. The Morgan fingerprint density at radius 2 is 1.96 bits per heavy atom. The summed E-state index contributed by atoms with van der Waals surface area (Å²) in [6.45, 7) is 2.61. The first-order chi connectivity index (χ1) is 12.5. The summed E-state index contributed by atoms with van der Waals surface area (Å²) in [7, 11) is 1.57. The van der Waals surface area contributed by atoms with Gasteiger partial charge in [-0.05, 0) is 48.2 Å². The van der Waals surface area contributed by atoms with Crippen LogP contribution in [-0.4, -0.2) is 19.6 Å². The molecule has 0 aromatic heterocycles. The maximum absolute atomic E-state index is 12.1. The summed E-state index contributed by atoms with van der Waals surface area (Å²) < 4.78 is 10.7. The molecule has 2 aromatic rings. The van der Waals surface area contributed by atoms with Crippen molar-refractivity contribution in [2.75, 3.05) is 13.7 Å². The van der Waals surface area contributed by atoms with Crippen molar-refractivity contribution in [2.24, 2.45) is 0 Å². The number of terminal acetylenes is 1. The molecular weight excluding hydrogens is 350 g/mol. The van der Waals surface area contributed by atoms with Gasteiger partial charge in [-0.1, -0.05) is 35.7 Å². The predicted octanol–water partition coefficient (Wildman–Crippen LogP) is 3.92. The number of amides is 1. The summed E-state index contributed by atoms with van der Waals surface area (Å²) >= 11 is 6.01. The topological polar surface area (TPSA) is 47.6 Å². The van der Waals surface area contributed by atoms with Gasteiger partial charge in [0.2, 0.25) is 5.91 Å². The molecule has 0 saturated heterocycles. The van der Waals surface area contributed by atoms with E-state index in [1.165, 1.54) is 0 Å². The minimum absolute atomic E-state index is 0.00997. The Morgan fingerprint density at radius 3 is 2.65 bits per heavy atom. The lowest BCUT2D eigenvalue weighted by Crippen LogP contribution is -2.23. The Balaban J connectivity index is 1.86. The number of benzene rings is 2. The molecule has 26 heavy (non-hydrogen) atoms. The minimum atomic E-state index is -0.00997. The number of methoxy groups -OCH3 is 1. The molecule has 0 aliphatic carbocycles. The first kappa shape index (κ1) is 19.7. The van der Waals surface area contributed by atoms with Crippen LogP contribution in [0.2, 0.25) is 5.02 Å². The van der Waals surface area contributed by atoms with Crippen LogP contribution in [0.25, 0.3) is 0 Å². The van der Waals surface area contributed by atoms with Gasteiger partial charge in [-0.15, -0.1) is 6.42 Å². The van der Waals surface area contributed by atoms with E-state index in [0.717, 1.165) is 21.7 Å². The molecule has 0 aliphatic rings. The van der Waals surface area contributed by atoms with Crippen molar-refractivity contribution in [3.8, 4) is 23.8 Å². The van der Waals surface area contributed by atoms with E-state index in [-0.39, 0.29) is 12.5 Å². The molecule has 5 heteroatoms. The largest absolute Gasteiger partial charge is 0.493 e. The standard InChI is InChI=1S/C21H22ClNO3/c1-4-11-26-19-9-6-16(13-20(19)25-3)7-10-21(24)23-14-17-5-8-18(22)15(2)12-17/h1,5-6,8-9,12-13H,7,10-11,14H2,2-3H3,(H,23,24). The van der Waals surface area contributed by atoms with Gasteiger partial charge >= 0.3 is 0 Å². The molecule has 136 valence electrons. The number of hydrogen-bond acceptors (Lipinski definition) is 3. The fraction of sp³-hybridized carbons (Fsp3) is 0.286. The summed E-state index contributed by atoms with van der Waals surface area (Å²) in [6.07, 6.45) is 6.20. The third-order valence-electron chi connectivity index (χ3n) is 3.89. The van der Waals surface area contributed by atoms with E-state index in [4.69, 9.17) is 27.5 Å². The molecule has 1 amide bonds. The van der Waals surface area contributed by atoms with E-state index in [1.54, 1.807) is 13.2 Å². The van der Waals surface area contributed by atoms with Crippen LogP contribution in [0.15, 0.2) is 36.4 Å². The lowest BCUT2D eigenvalue weighted by atomic mass is 10.1. The van der Waals surface area contributed by atoms with Crippen LogP contribution in [0.4, 0.5) is 0 Å². The summed E-state index contributed by atoms with van der Waals surface area (Å²) in [6, 6.07) is 11.3. The van der Waals surface area contributed by atoms with Crippen molar-refractivity contribution in [2.45, 2.75) is 26.3 Å². The number of rotatable bonds is 8. The predicted molar refractivity (Wildman–Crippen MR) is 104 cm³/mol. The van der Waals surface area contributed by atoms with Gasteiger partial charge in [-0.3, -0.25) is 4.79 Å². The summed E-state index contributed by atoms with van der Waals surface area (Å²) in [5, 5.41) is 3.65. The summed E-state index contributed by atoms with van der Waals surface area (Å²) in [5.74, 6) is 3.61. The quantitative estimate of drug-likeness (QED) is 0.715. The number of aryl methyl sites for hydroxylation is 2. The van der Waals surface area contributed by atoms with E-state index < -0.39 is 0 Å². The van der Waals surface area contributed by atoms with Crippen LogP contribution < -0.4 is 14.8 Å². The highest BCUT2D eigenvalue weighted by Crippen LogP contribution is 2.28. The Kier molecular flexibility index (Phi) is 7.37. The van der Waals surface area contributed by atoms with E-state index in [9.17, 15) is 4.79 Å². The van der Waals surface area contributed by atoms with Crippen molar-refractivity contribution in [3.05, 3.63) is 58.1 Å². The smallest absolute Gasteiger partial charge is 0.220 e. The van der Waals surface area contributed by atoms with Gasteiger partial charge in [-0.2, -0.15) is 0 Å². The zero-order chi connectivity index (χ0) is 18.9. The van der Waals surface area contributed by atoms with E-state index in [0.29, 0.717) is 30.9 Å². The molecule has 2 aromatic carbocycles. The maximum atomic E-state index is 12.1. The molecule has 2 rings (SSSR count). The number of halogens is 1. The van der Waals surface area contributed by atoms with Gasteiger partial charge in [0.15, 0.2) is 11.5 Å². The highest BCUT2D eigenvalue weighted by molar-refractivity contribution is 6.31. The third kappa shape index (κ3) is 5.72. The fourth-order valence-electron chi connectivity index (χ4n) is 2.47. The molecule has 4 nitrogen and oxygen atoms in total. The van der Waals surface area contributed by atoms with Gasteiger partial charge in [0.05, 0.1) is 7.11 Å². The van der Waals surface area contributed by atoms with Crippen LogP contribution >= 0.6 is 11.6 Å². The van der Waals surface area contributed by atoms with Crippen LogP contribution in [0.5, 0.6) is 11.5 Å². The fourth-order valence-corrected chi connectivity index (χ4v) is 2.59. The van der Waals surface area contributed by atoms with Gasteiger partial charge < -0.3 is 14.8 Å². The zero-order valence-electron chi connectivity index (χ0n) is 15.0. The van der Waals surface area contributed by atoms with Gasteiger partial charge in [-0.25, -0.2) is 0 Å². The van der Waals surface area contributed by atoms with Gasteiger partial charge in [0.25, 0.3) is 0 Å². The van der Waals surface area contributed by atoms with Crippen LogP contribution in [0.1, 0.15) is 23.1 Å². The van der Waals surface area contributed by atoms with Crippen molar-refractivity contribution in [1.82, 2.24) is 5.32 Å². The number of carbonyl (C=O) groups excluding carboxylic acids is 1. The molecule has 0 fully saturated rings.